The molecular formula is C44H45Cl2F3N4O8S. The van der Waals surface area contributed by atoms with Gasteiger partial charge in [-0.2, -0.15) is 13.1 Å². The van der Waals surface area contributed by atoms with Crippen LogP contribution in [0.4, 0.5) is 18.9 Å². The Morgan fingerprint density at radius 1 is 0.887 bits per heavy atom. The quantitative estimate of drug-likeness (QED) is 0.102. The van der Waals surface area contributed by atoms with Gasteiger partial charge in [-0.3, -0.25) is 14.7 Å². The molecule has 1 saturated carbocycles. The number of benzene rings is 3. The number of hydrogen-bond acceptors (Lipinski definition) is 11. The lowest BCUT2D eigenvalue weighted by Crippen LogP contribution is -2.52. The summed E-state index contributed by atoms with van der Waals surface area (Å²) >= 11 is 13.0. The Balaban J connectivity index is 1.04. The average molecular weight is 918 g/mol. The fourth-order valence-electron chi connectivity index (χ4n) is 8.33. The monoisotopic (exact) mass is 916 g/mol. The molecule has 3 aromatic carbocycles. The van der Waals surface area contributed by atoms with Gasteiger partial charge in [0.15, 0.2) is 17.5 Å². The van der Waals surface area contributed by atoms with Gasteiger partial charge in [0.25, 0.3) is 0 Å². The zero-order valence-electron chi connectivity index (χ0n) is 33.4. The van der Waals surface area contributed by atoms with Crippen LogP contribution in [0.5, 0.6) is 11.5 Å². The van der Waals surface area contributed by atoms with Crippen LogP contribution in [0.25, 0.3) is 0 Å². The van der Waals surface area contributed by atoms with Crippen molar-refractivity contribution < 1.29 is 50.1 Å². The highest BCUT2D eigenvalue weighted by Gasteiger charge is 2.42. The Labute approximate surface area is 367 Å². The highest BCUT2D eigenvalue weighted by Crippen LogP contribution is 2.39. The number of rotatable bonds is 17. The predicted octanol–water partition coefficient (Wildman–Crippen LogP) is 8.39. The normalized spacial score (nSPS) is 22.2. The van der Waals surface area contributed by atoms with Crippen LogP contribution in [-0.4, -0.2) is 86.1 Å². The third-order valence-corrected chi connectivity index (χ3v) is 14.4. The molecule has 1 unspecified atom stereocenters. The first-order valence-corrected chi connectivity index (χ1v) is 22.8. The minimum Gasteiger partial charge on any atom is -0.489 e. The third kappa shape index (κ3) is 10.3. The van der Waals surface area contributed by atoms with Crippen LogP contribution in [0.3, 0.4) is 0 Å². The topological polar surface area (TPSA) is 137 Å². The van der Waals surface area contributed by atoms with Crippen molar-refractivity contribution in [1.29, 1.82) is 0 Å². The zero-order chi connectivity index (χ0) is 43.5. The number of nitrogens with zero attached hydrogens (tertiary/aromatic N) is 3. The molecule has 9 rings (SSSR count). The van der Waals surface area contributed by atoms with Crippen molar-refractivity contribution in [2.75, 3.05) is 38.1 Å². The maximum atomic E-state index is 14.5. The molecule has 2 bridgehead atoms. The minimum atomic E-state index is -4.36. The lowest BCUT2D eigenvalue weighted by Gasteiger charge is -2.44. The molecule has 0 spiro atoms. The van der Waals surface area contributed by atoms with Gasteiger partial charge in [0.1, 0.15) is 24.1 Å². The summed E-state index contributed by atoms with van der Waals surface area (Å²) in [5.74, 6) is -1.71. The van der Waals surface area contributed by atoms with Crippen LogP contribution in [0.1, 0.15) is 67.4 Å². The highest BCUT2D eigenvalue weighted by atomic mass is 35.5. The lowest BCUT2D eigenvalue weighted by molar-refractivity contribution is -0.160. The molecule has 0 amide bonds. The predicted molar refractivity (Wildman–Crippen MR) is 223 cm³/mol. The molecule has 12 nitrogen and oxygen atoms in total. The Bertz CT molecular complexity index is 2370. The Hall–Kier alpha value is -4.61. The smallest absolute Gasteiger partial charge is 0.387 e. The molecule has 4 aromatic rings. The standard InChI is InChI=1S/C44H45Cl2F3N4O8S/c45-34-22-50-23-35(46)33(34)21-38(28-11-12-37(61-44(48)49)39(19-28)58-25-26-9-10-26)59-42(54)36-8-3-15-53(36)62(56,57)32-7-2-6-31(20-32)51-41(29-4-1-5-30(47)18-29)43(55)60-40-24-52-16-13-27(40)14-17-52/h1-2,4-7,11-12,18-20,22-23,26-27,36,38,40-41,44,51H,3,8-10,13-17,21,24-25H2/t36-,38+,40+,41?/m1/s1. The first kappa shape index (κ1) is 44.0. The maximum absolute atomic E-state index is 14.5. The Morgan fingerprint density at radius 2 is 1.65 bits per heavy atom. The van der Waals surface area contributed by atoms with E-state index in [-0.39, 0.29) is 76.1 Å². The van der Waals surface area contributed by atoms with Crippen molar-refractivity contribution in [3.8, 4) is 11.5 Å². The summed E-state index contributed by atoms with van der Waals surface area (Å²) in [5, 5.41) is 3.46. The summed E-state index contributed by atoms with van der Waals surface area (Å²) in [6.07, 6.45) is 5.41. The second kappa shape index (κ2) is 19.0. The molecule has 1 N–H and O–H groups in total. The molecule has 1 aromatic heterocycles. The van der Waals surface area contributed by atoms with E-state index in [2.05, 4.69) is 15.2 Å². The van der Waals surface area contributed by atoms with E-state index in [0.29, 0.717) is 29.7 Å². The Kier molecular flexibility index (Phi) is 13.5. The molecular weight excluding hydrogens is 872 g/mol. The summed E-state index contributed by atoms with van der Waals surface area (Å²) in [5.41, 5.74) is 1.27. The lowest BCUT2D eigenvalue weighted by atomic mass is 9.86. The van der Waals surface area contributed by atoms with Gasteiger partial charge in [0.2, 0.25) is 10.0 Å². The van der Waals surface area contributed by atoms with Crippen LogP contribution in [-0.2, 0) is 35.5 Å². The number of halogens is 5. The average Bonchev–Trinajstić information content (AvgIpc) is 3.95. The number of aromatic nitrogens is 1. The highest BCUT2D eigenvalue weighted by molar-refractivity contribution is 7.89. The number of ether oxygens (including phenoxy) is 4. The number of hydrogen-bond donors (Lipinski definition) is 1. The number of esters is 2. The summed E-state index contributed by atoms with van der Waals surface area (Å²) in [4.78, 5) is 34.1. The van der Waals surface area contributed by atoms with Gasteiger partial charge in [-0.1, -0.05) is 47.5 Å². The van der Waals surface area contributed by atoms with Gasteiger partial charge < -0.3 is 24.3 Å². The van der Waals surface area contributed by atoms with Gasteiger partial charge in [-0.15, -0.1) is 0 Å². The van der Waals surface area contributed by atoms with E-state index < -0.39 is 52.6 Å². The summed E-state index contributed by atoms with van der Waals surface area (Å²) in [6.45, 7) is -0.334. The number of sulfonamides is 1. The summed E-state index contributed by atoms with van der Waals surface area (Å²) < 4.78 is 93.9. The van der Waals surface area contributed by atoms with Crippen LogP contribution in [0.2, 0.25) is 10.0 Å². The molecule has 0 radical (unpaired) electrons. The van der Waals surface area contributed by atoms with Crippen LogP contribution in [0, 0.1) is 17.7 Å². The fraction of sp³-hybridized carbons (Fsp3) is 0.432. The van der Waals surface area contributed by atoms with Gasteiger partial charge >= 0.3 is 18.6 Å². The number of carbonyl (C=O) groups is 2. The molecule has 62 heavy (non-hydrogen) atoms. The molecule has 18 heteroatoms. The molecule has 5 aliphatic rings. The van der Waals surface area contributed by atoms with Crippen LogP contribution < -0.4 is 14.8 Å². The number of pyridine rings is 1. The minimum absolute atomic E-state index is 0.00304. The molecule has 4 atom stereocenters. The van der Waals surface area contributed by atoms with Crippen LogP contribution >= 0.6 is 23.2 Å². The second-order valence-corrected chi connectivity index (χ2v) is 18.8. The maximum Gasteiger partial charge on any atom is 0.387 e. The summed E-state index contributed by atoms with van der Waals surface area (Å²) in [7, 11) is -4.36. The molecule has 330 valence electrons. The van der Waals surface area contributed by atoms with Crippen molar-refractivity contribution in [2.24, 2.45) is 11.8 Å². The molecule has 5 fully saturated rings. The van der Waals surface area contributed by atoms with E-state index >= 15 is 0 Å². The molecule has 5 heterocycles. The van der Waals surface area contributed by atoms with Gasteiger partial charge in [0.05, 0.1) is 21.5 Å². The fourth-order valence-corrected chi connectivity index (χ4v) is 10.5. The molecule has 4 saturated heterocycles. The molecule has 1 aliphatic carbocycles. The van der Waals surface area contributed by atoms with Crippen molar-refractivity contribution in [2.45, 2.75) is 80.7 Å². The van der Waals surface area contributed by atoms with Crippen molar-refractivity contribution in [1.82, 2.24) is 14.2 Å². The van der Waals surface area contributed by atoms with E-state index in [4.69, 9.17) is 42.1 Å². The number of piperidine rings is 3. The van der Waals surface area contributed by atoms with Gasteiger partial charge in [-0.05, 0) is 123 Å². The largest absolute Gasteiger partial charge is 0.489 e. The third-order valence-electron chi connectivity index (χ3n) is 11.8. The first-order chi connectivity index (χ1) is 29.8. The zero-order valence-corrected chi connectivity index (χ0v) is 35.8. The van der Waals surface area contributed by atoms with Crippen LogP contribution in [0.15, 0.2) is 84.0 Å². The number of carbonyl (C=O) groups excluding carboxylic acids is 2. The Morgan fingerprint density at radius 3 is 2.34 bits per heavy atom. The molecule has 4 aliphatic heterocycles. The van der Waals surface area contributed by atoms with E-state index in [1.807, 2.05) is 0 Å². The SMILES string of the molecule is O=C(O[C@H]1CN2CCC1CC2)C(Nc1cccc(S(=O)(=O)N2CCC[C@@H]2C(=O)O[C@@H](Cc2c(Cl)cncc2Cl)c2ccc(OC(F)F)c(OCC3CC3)c2)c1)c1cccc(F)c1. The van der Waals surface area contributed by atoms with E-state index in [1.165, 1.54) is 67.0 Å². The van der Waals surface area contributed by atoms with E-state index in [1.54, 1.807) is 12.1 Å². The van der Waals surface area contributed by atoms with Gasteiger partial charge in [-0.25, -0.2) is 17.6 Å². The number of alkyl halides is 2. The van der Waals surface area contributed by atoms with Gasteiger partial charge in [0, 0.05) is 37.6 Å². The van der Waals surface area contributed by atoms with E-state index in [0.717, 1.165) is 43.1 Å². The van der Waals surface area contributed by atoms with Crippen molar-refractivity contribution in [3.63, 3.8) is 0 Å². The summed E-state index contributed by atoms with van der Waals surface area (Å²) in [6, 6.07) is 13.2. The number of anilines is 1. The number of fused-ring (bicyclic) bond motifs is 3. The first-order valence-electron chi connectivity index (χ1n) is 20.6. The van der Waals surface area contributed by atoms with Crippen molar-refractivity contribution in [3.05, 3.63) is 112 Å². The van der Waals surface area contributed by atoms with E-state index in [9.17, 15) is 31.2 Å². The number of nitrogens with one attached hydrogen (secondary N) is 1. The second-order valence-electron chi connectivity index (χ2n) is 16.1. The van der Waals surface area contributed by atoms with Crippen molar-refractivity contribution >= 4 is 50.9 Å².